The Morgan fingerprint density at radius 2 is 1.97 bits per heavy atom. The second-order valence-electron chi connectivity index (χ2n) is 7.40. The number of aromatic nitrogens is 4. The summed E-state index contributed by atoms with van der Waals surface area (Å²) < 4.78 is 7.33. The molecule has 156 valence electrons. The van der Waals surface area contributed by atoms with Crippen molar-refractivity contribution in [3.63, 3.8) is 0 Å². The van der Waals surface area contributed by atoms with Crippen molar-refractivity contribution in [3.05, 3.63) is 72.2 Å². The Hall–Kier alpha value is -3.78. The van der Waals surface area contributed by atoms with Crippen LogP contribution in [-0.2, 0) is 4.74 Å². The van der Waals surface area contributed by atoms with Gasteiger partial charge in [-0.3, -0.25) is 9.20 Å². The quantitative estimate of drug-likeness (QED) is 0.552. The third kappa shape index (κ3) is 3.85. The van der Waals surface area contributed by atoms with E-state index in [2.05, 4.69) is 20.3 Å². The fraction of sp³-hybridized carbons (Fsp3) is 0.217. The van der Waals surface area contributed by atoms with E-state index in [1.165, 1.54) is 0 Å². The average molecular weight is 414 g/mol. The number of benzene rings is 1. The first-order valence-electron chi connectivity index (χ1n) is 10.2. The van der Waals surface area contributed by atoms with Gasteiger partial charge in [0.15, 0.2) is 0 Å². The van der Waals surface area contributed by atoms with Gasteiger partial charge in [-0.15, -0.1) is 0 Å². The molecule has 3 aromatic heterocycles. The topological polar surface area (TPSA) is 84.7 Å². The van der Waals surface area contributed by atoms with Gasteiger partial charge in [0, 0.05) is 36.7 Å². The average Bonchev–Trinajstić information content (AvgIpc) is 3.24. The predicted octanol–water partition coefficient (Wildman–Crippen LogP) is 3.32. The van der Waals surface area contributed by atoms with Crippen LogP contribution in [0, 0.1) is 6.92 Å². The minimum absolute atomic E-state index is 0.0400. The van der Waals surface area contributed by atoms with E-state index in [9.17, 15) is 4.79 Å². The van der Waals surface area contributed by atoms with Crippen LogP contribution < -0.4 is 5.32 Å². The second-order valence-corrected chi connectivity index (χ2v) is 7.40. The SMILES string of the molecule is Cc1cc(Nc2nccc(-c3cnc4ccccn34)n2)ccc1C(=O)N1CCOCC1. The fourth-order valence-corrected chi connectivity index (χ4v) is 3.73. The Morgan fingerprint density at radius 1 is 1.10 bits per heavy atom. The van der Waals surface area contributed by atoms with Crippen LogP contribution >= 0.6 is 0 Å². The van der Waals surface area contributed by atoms with Crippen LogP contribution in [0.1, 0.15) is 15.9 Å². The number of rotatable bonds is 4. The lowest BCUT2D eigenvalue weighted by atomic mass is 10.1. The van der Waals surface area contributed by atoms with E-state index in [4.69, 9.17) is 4.74 Å². The molecule has 0 spiro atoms. The molecular weight excluding hydrogens is 392 g/mol. The summed E-state index contributed by atoms with van der Waals surface area (Å²) in [5.74, 6) is 0.522. The zero-order chi connectivity index (χ0) is 21.2. The number of fused-ring (bicyclic) bond motifs is 1. The maximum atomic E-state index is 12.8. The van der Waals surface area contributed by atoms with E-state index in [0.29, 0.717) is 37.8 Å². The van der Waals surface area contributed by atoms with Crippen molar-refractivity contribution in [2.75, 3.05) is 31.6 Å². The van der Waals surface area contributed by atoms with Crippen LogP contribution in [0.3, 0.4) is 0 Å². The summed E-state index contributed by atoms with van der Waals surface area (Å²) in [6, 6.07) is 13.4. The molecule has 31 heavy (non-hydrogen) atoms. The number of anilines is 2. The van der Waals surface area contributed by atoms with Crippen LogP contribution in [0.5, 0.6) is 0 Å². The first-order chi connectivity index (χ1) is 15.2. The molecule has 1 aliphatic rings. The number of hydrogen-bond donors (Lipinski definition) is 1. The van der Waals surface area contributed by atoms with E-state index in [-0.39, 0.29) is 5.91 Å². The highest BCUT2D eigenvalue weighted by Gasteiger charge is 2.20. The summed E-state index contributed by atoms with van der Waals surface area (Å²) in [6.07, 6.45) is 5.48. The van der Waals surface area contributed by atoms with Crippen molar-refractivity contribution in [1.29, 1.82) is 0 Å². The molecule has 8 heteroatoms. The maximum absolute atomic E-state index is 12.8. The highest BCUT2D eigenvalue weighted by molar-refractivity contribution is 5.96. The molecule has 1 aromatic carbocycles. The van der Waals surface area contributed by atoms with Crippen molar-refractivity contribution < 1.29 is 9.53 Å². The Bertz CT molecular complexity index is 1250. The molecule has 4 aromatic rings. The normalized spacial score (nSPS) is 14.0. The van der Waals surface area contributed by atoms with Crippen LogP contribution in [0.2, 0.25) is 0 Å². The van der Waals surface area contributed by atoms with Gasteiger partial charge in [-0.1, -0.05) is 6.07 Å². The first kappa shape index (κ1) is 19.2. The van der Waals surface area contributed by atoms with E-state index in [1.807, 2.05) is 64.9 Å². The standard InChI is InChI=1S/C23H22N6O2/c1-16-14-17(5-6-18(16)22(30)28-10-12-31-13-11-28)26-23-24-8-7-19(27-23)20-15-25-21-4-2-3-9-29(20)21/h2-9,14-15H,10-13H2,1H3,(H,24,26,27). The number of aryl methyl sites for hydroxylation is 1. The van der Waals surface area contributed by atoms with Crippen LogP contribution in [0.15, 0.2) is 61.1 Å². The van der Waals surface area contributed by atoms with E-state index < -0.39 is 0 Å². The number of pyridine rings is 1. The van der Waals surface area contributed by atoms with Gasteiger partial charge in [-0.05, 0) is 48.9 Å². The molecule has 0 bridgehead atoms. The highest BCUT2D eigenvalue weighted by Crippen LogP contribution is 2.23. The molecule has 0 atom stereocenters. The number of carbonyl (C=O) groups excluding carboxylic acids is 1. The smallest absolute Gasteiger partial charge is 0.254 e. The summed E-state index contributed by atoms with van der Waals surface area (Å²) in [4.78, 5) is 28.0. The Labute approximate surface area is 179 Å². The third-order valence-electron chi connectivity index (χ3n) is 5.35. The molecular formula is C23H22N6O2. The van der Waals surface area contributed by atoms with E-state index in [0.717, 1.165) is 28.3 Å². The lowest BCUT2D eigenvalue weighted by molar-refractivity contribution is 0.0302. The van der Waals surface area contributed by atoms with Gasteiger partial charge in [-0.2, -0.15) is 0 Å². The minimum atomic E-state index is 0.0400. The number of morpholine rings is 1. The molecule has 1 N–H and O–H groups in total. The molecule has 8 nitrogen and oxygen atoms in total. The van der Waals surface area contributed by atoms with Crippen molar-refractivity contribution in [1.82, 2.24) is 24.3 Å². The third-order valence-corrected chi connectivity index (χ3v) is 5.35. The fourth-order valence-electron chi connectivity index (χ4n) is 3.73. The van der Waals surface area contributed by atoms with Gasteiger partial charge >= 0.3 is 0 Å². The second kappa shape index (κ2) is 8.16. The first-order valence-corrected chi connectivity index (χ1v) is 10.2. The molecule has 0 radical (unpaired) electrons. The number of amides is 1. The van der Waals surface area contributed by atoms with Crippen LogP contribution in [0.4, 0.5) is 11.6 Å². The summed E-state index contributed by atoms with van der Waals surface area (Å²) in [5.41, 5.74) is 4.95. The lowest BCUT2D eigenvalue weighted by Gasteiger charge is -2.27. The van der Waals surface area contributed by atoms with Crippen molar-refractivity contribution in [2.24, 2.45) is 0 Å². The van der Waals surface area contributed by atoms with Gasteiger partial charge in [0.05, 0.1) is 30.8 Å². The van der Waals surface area contributed by atoms with Crippen molar-refractivity contribution in [2.45, 2.75) is 6.92 Å². The number of nitrogens with zero attached hydrogens (tertiary/aromatic N) is 5. The monoisotopic (exact) mass is 414 g/mol. The molecule has 0 unspecified atom stereocenters. The lowest BCUT2D eigenvalue weighted by Crippen LogP contribution is -2.40. The largest absolute Gasteiger partial charge is 0.378 e. The van der Waals surface area contributed by atoms with E-state index in [1.54, 1.807) is 12.4 Å². The molecule has 1 amide bonds. The maximum Gasteiger partial charge on any atom is 0.254 e. The van der Waals surface area contributed by atoms with Gasteiger partial charge in [0.25, 0.3) is 5.91 Å². The molecule has 1 fully saturated rings. The molecule has 1 saturated heterocycles. The van der Waals surface area contributed by atoms with Gasteiger partial charge in [-0.25, -0.2) is 15.0 Å². The van der Waals surface area contributed by atoms with Crippen LogP contribution in [-0.4, -0.2) is 56.5 Å². The number of nitrogens with one attached hydrogen (secondary N) is 1. The van der Waals surface area contributed by atoms with Gasteiger partial charge in [0.1, 0.15) is 5.65 Å². The van der Waals surface area contributed by atoms with Gasteiger partial charge < -0.3 is 15.0 Å². The molecule has 0 aliphatic carbocycles. The molecule has 5 rings (SSSR count). The van der Waals surface area contributed by atoms with Crippen LogP contribution in [0.25, 0.3) is 17.0 Å². The molecule has 4 heterocycles. The highest BCUT2D eigenvalue weighted by atomic mass is 16.5. The zero-order valence-electron chi connectivity index (χ0n) is 17.2. The Morgan fingerprint density at radius 3 is 2.81 bits per heavy atom. The Kier molecular flexibility index (Phi) is 5.05. The number of ether oxygens (including phenoxy) is 1. The summed E-state index contributed by atoms with van der Waals surface area (Å²) in [7, 11) is 0. The number of carbonyl (C=O) groups is 1. The summed E-state index contributed by atoms with van der Waals surface area (Å²) in [6.45, 7) is 4.37. The predicted molar refractivity (Wildman–Crippen MR) is 117 cm³/mol. The molecule has 1 aliphatic heterocycles. The minimum Gasteiger partial charge on any atom is -0.378 e. The van der Waals surface area contributed by atoms with E-state index >= 15 is 0 Å². The number of imidazole rings is 1. The zero-order valence-corrected chi connectivity index (χ0v) is 17.2. The van der Waals surface area contributed by atoms with Crippen molar-refractivity contribution >= 4 is 23.2 Å². The van der Waals surface area contributed by atoms with Gasteiger partial charge in [0.2, 0.25) is 5.95 Å². The number of hydrogen-bond acceptors (Lipinski definition) is 6. The summed E-state index contributed by atoms with van der Waals surface area (Å²) >= 11 is 0. The molecule has 0 saturated carbocycles. The summed E-state index contributed by atoms with van der Waals surface area (Å²) in [5, 5.41) is 3.24. The van der Waals surface area contributed by atoms with Crippen molar-refractivity contribution in [3.8, 4) is 11.4 Å². The Balaban J connectivity index is 1.37.